The summed E-state index contributed by atoms with van der Waals surface area (Å²) in [5, 5.41) is 9.22. The smallest absolute Gasteiger partial charge is 0.118 e. The molecule has 0 atom stereocenters. The number of hydrogen-bond acceptors (Lipinski definition) is 1. The van der Waals surface area contributed by atoms with E-state index in [0.717, 1.165) is 5.56 Å². The summed E-state index contributed by atoms with van der Waals surface area (Å²) < 4.78 is 0. The number of hydrogen-bond donors (Lipinski definition) is 1. The third-order valence-corrected chi connectivity index (χ3v) is 2.03. The van der Waals surface area contributed by atoms with Crippen molar-refractivity contribution in [1.82, 2.24) is 0 Å². The van der Waals surface area contributed by atoms with E-state index < -0.39 is 0 Å². The van der Waals surface area contributed by atoms with Crippen LogP contribution in [0.3, 0.4) is 0 Å². The van der Waals surface area contributed by atoms with Gasteiger partial charge in [-0.1, -0.05) is 6.07 Å². The van der Waals surface area contributed by atoms with E-state index in [9.17, 15) is 5.11 Å². The maximum atomic E-state index is 9.22. The van der Waals surface area contributed by atoms with Crippen LogP contribution in [-0.4, -0.2) is 5.11 Å². The zero-order valence-corrected chi connectivity index (χ0v) is 11.1. The van der Waals surface area contributed by atoms with E-state index in [-0.39, 0.29) is 46.5 Å². The van der Waals surface area contributed by atoms with Crippen LogP contribution >= 0.6 is 24.8 Å². The first kappa shape index (κ1) is 19.0. The monoisotopic (exact) mass is 256 g/mol. The topological polar surface area (TPSA) is 20.2 Å². The fourth-order valence-corrected chi connectivity index (χ4v) is 0.942. The Bertz CT molecular complexity index is 237. The van der Waals surface area contributed by atoms with Gasteiger partial charge in [0.25, 0.3) is 0 Å². The van der Waals surface area contributed by atoms with Gasteiger partial charge in [-0.15, -0.1) is 24.8 Å². The first-order valence-electron chi connectivity index (χ1n) is 3.38. The second-order valence-corrected chi connectivity index (χ2v) is 2.65. The molecular weight excluding hydrogens is 243 g/mol. The van der Waals surface area contributed by atoms with E-state index in [1.165, 1.54) is 11.1 Å². The number of rotatable bonds is 0. The summed E-state index contributed by atoms with van der Waals surface area (Å²) in [6, 6.07) is 3.66. The molecule has 0 aromatic heterocycles. The van der Waals surface area contributed by atoms with Crippen LogP contribution in [0.1, 0.15) is 16.7 Å². The maximum Gasteiger partial charge on any atom is 0.118 e. The van der Waals surface area contributed by atoms with Crippen molar-refractivity contribution in [1.29, 1.82) is 0 Å². The van der Waals surface area contributed by atoms with Gasteiger partial charge in [0.2, 0.25) is 0 Å². The van der Waals surface area contributed by atoms with E-state index in [1.807, 2.05) is 26.8 Å². The molecule has 0 bridgehead atoms. The zero-order valence-electron chi connectivity index (χ0n) is 7.92. The summed E-state index contributed by atoms with van der Waals surface area (Å²) in [6.45, 7) is 5.99. The predicted molar refractivity (Wildman–Crippen MR) is 56.8 cm³/mol. The molecule has 1 aromatic carbocycles. The molecule has 74 valence electrons. The molecule has 1 rings (SSSR count). The van der Waals surface area contributed by atoms with Gasteiger partial charge >= 0.3 is 0 Å². The van der Waals surface area contributed by atoms with Crippen LogP contribution < -0.4 is 0 Å². The standard InChI is InChI=1S/C9H12O.2ClH.Ti/c1-6-4-5-9(10)8(3)7(6)2;;;/h4-5,10H,1-3H3;2*1H;. The minimum Gasteiger partial charge on any atom is -0.508 e. The number of halogens is 2. The molecule has 4 heteroatoms. The van der Waals surface area contributed by atoms with Crippen molar-refractivity contribution in [2.75, 3.05) is 0 Å². The molecule has 0 saturated heterocycles. The fourth-order valence-electron chi connectivity index (χ4n) is 0.942. The second kappa shape index (κ2) is 7.69. The average Bonchev–Trinajstić information content (AvgIpc) is 1.93. The molecule has 0 unspecified atom stereocenters. The molecule has 0 fully saturated rings. The number of phenols is 1. The third-order valence-electron chi connectivity index (χ3n) is 2.03. The summed E-state index contributed by atoms with van der Waals surface area (Å²) in [7, 11) is 0. The van der Waals surface area contributed by atoms with Gasteiger partial charge in [0.1, 0.15) is 5.75 Å². The summed E-state index contributed by atoms with van der Waals surface area (Å²) >= 11 is 0. The van der Waals surface area contributed by atoms with Crippen molar-refractivity contribution < 1.29 is 26.8 Å². The predicted octanol–water partition coefficient (Wildman–Crippen LogP) is 3.16. The molecule has 0 aliphatic carbocycles. The molecule has 0 amide bonds. The van der Waals surface area contributed by atoms with Crippen molar-refractivity contribution in [3.8, 4) is 5.75 Å². The van der Waals surface area contributed by atoms with Gasteiger partial charge < -0.3 is 5.11 Å². The van der Waals surface area contributed by atoms with Gasteiger partial charge in [-0.3, -0.25) is 0 Å². The molecule has 0 saturated carbocycles. The van der Waals surface area contributed by atoms with Crippen LogP contribution in [-0.2, 0) is 21.7 Å². The summed E-state index contributed by atoms with van der Waals surface area (Å²) in [4.78, 5) is 0. The molecule has 0 aliphatic heterocycles. The van der Waals surface area contributed by atoms with Gasteiger partial charge in [0, 0.05) is 21.7 Å². The van der Waals surface area contributed by atoms with Gasteiger partial charge in [0.15, 0.2) is 0 Å². The summed E-state index contributed by atoms with van der Waals surface area (Å²) in [5.74, 6) is 0.392. The Balaban J connectivity index is -0.000000333. The summed E-state index contributed by atoms with van der Waals surface area (Å²) in [5.41, 5.74) is 3.40. The number of benzene rings is 1. The van der Waals surface area contributed by atoms with Crippen LogP contribution in [0.25, 0.3) is 0 Å². The van der Waals surface area contributed by atoms with Crippen molar-refractivity contribution >= 4 is 24.8 Å². The second-order valence-electron chi connectivity index (χ2n) is 2.65. The fraction of sp³-hybridized carbons (Fsp3) is 0.333. The average molecular weight is 257 g/mol. The molecule has 0 aliphatic rings. The molecular formula is C9H14Cl2OTi. The van der Waals surface area contributed by atoms with Crippen molar-refractivity contribution in [2.24, 2.45) is 0 Å². The molecule has 0 heterocycles. The van der Waals surface area contributed by atoms with Crippen LogP contribution in [0.5, 0.6) is 5.75 Å². The Kier molecular flexibility index (Phi) is 11.2. The largest absolute Gasteiger partial charge is 0.508 e. The van der Waals surface area contributed by atoms with E-state index in [0.29, 0.717) is 5.75 Å². The van der Waals surface area contributed by atoms with Crippen molar-refractivity contribution in [2.45, 2.75) is 20.8 Å². The van der Waals surface area contributed by atoms with E-state index in [2.05, 4.69) is 0 Å². The van der Waals surface area contributed by atoms with Gasteiger partial charge in [-0.05, 0) is 43.5 Å². The Labute approximate surface area is 107 Å². The van der Waals surface area contributed by atoms with Crippen molar-refractivity contribution in [3.05, 3.63) is 28.8 Å². The first-order valence-corrected chi connectivity index (χ1v) is 3.38. The Hall–Kier alpha value is 0.314. The zero-order chi connectivity index (χ0) is 7.72. The van der Waals surface area contributed by atoms with E-state index in [1.54, 1.807) is 6.07 Å². The maximum absolute atomic E-state index is 9.22. The molecule has 0 radical (unpaired) electrons. The van der Waals surface area contributed by atoms with Crippen LogP contribution in [0.15, 0.2) is 12.1 Å². The normalized spacial score (nSPS) is 7.62. The van der Waals surface area contributed by atoms with Gasteiger partial charge in [-0.25, -0.2) is 0 Å². The number of aryl methyl sites for hydroxylation is 1. The molecule has 1 N–H and O–H groups in total. The number of phenolic OH excluding ortho intramolecular Hbond substituents is 1. The molecule has 0 spiro atoms. The third kappa shape index (κ3) is 4.37. The van der Waals surface area contributed by atoms with Gasteiger partial charge in [-0.2, -0.15) is 0 Å². The quantitative estimate of drug-likeness (QED) is 0.708. The summed E-state index contributed by atoms with van der Waals surface area (Å²) in [6.07, 6.45) is 0. The van der Waals surface area contributed by atoms with Crippen LogP contribution in [0.2, 0.25) is 0 Å². The minimum atomic E-state index is 0. The molecule has 13 heavy (non-hydrogen) atoms. The first-order chi connectivity index (χ1) is 4.63. The minimum absolute atomic E-state index is 0. The SMILES string of the molecule is Cc1ccc(O)c(C)c1C.Cl.Cl.[Ti]. The van der Waals surface area contributed by atoms with E-state index >= 15 is 0 Å². The van der Waals surface area contributed by atoms with Gasteiger partial charge in [0.05, 0.1) is 0 Å². The molecule has 1 aromatic rings. The van der Waals surface area contributed by atoms with Crippen LogP contribution in [0, 0.1) is 20.8 Å². The Morgan fingerprint density at radius 1 is 0.923 bits per heavy atom. The Morgan fingerprint density at radius 2 is 1.38 bits per heavy atom. The molecule has 1 nitrogen and oxygen atoms in total. The number of aromatic hydroxyl groups is 1. The van der Waals surface area contributed by atoms with Crippen LogP contribution in [0.4, 0.5) is 0 Å². The van der Waals surface area contributed by atoms with Crippen molar-refractivity contribution in [3.63, 3.8) is 0 Å². The Morgan fingerprint density at radius 3 is 1.77 bits per heavy atom. The van der Waals surface area contributed by atoms with E-state index in [4.69, 9.17) is 0 Å².